The van der Waals surface area contributed by atoms with Crippen molar-refractivity contribution in [2.75, 3.05) is 13.2 Å². The smallest absolute Gasteiger partial charge is 0.385 e. The first-order valence-corrected chi connectivity index (χ1v) is 13.0. The highest BCUT2D eigenvalue weighted by atomic mass is 32.1. The molecule has 0 heterocycles. The highest BCUT2D eigenvalue weighted by Gasteiger charge is 2.15. The Morgan fingerprint density at radius 3 is 1.59 bits per heavy atom. The molecule has 0 aliphatic carbocycles. The van der Waals surface area contributed by atoms with E-state index in [0.717, 1.165) is 19.3 Å². The van der Waals surface area contributed by atoms with Crippen LogP contribution in [0.4, 0.5) is 0 Å². The standard InChI is InChI=1S/C33H36O5.H2S.13H2/c1-3-5-7-9-11-13-15-16-18-19-21-23-25-27-32(35)37-30-31(29-34)38-33(36)28-26-24-22-20-17-14-12-10-8-6-4-2;;;;;;;;;;;;;;/h31,34H,4,6,8,10,12,14,17,20,22,24,26,28-30H2,1-2H3;1H2;13*1H/t31-;;;;;;;;;;;;;;/m0............../s1. The van der Waals surface area contributed by atoms with Crippen LogP contribution in [-0.4, -0.2) is 36.4 Å². The van der Waals surface area contributed by atoms with E-state index in [0.29, 0.717) is 0 Å². The molecule has 0 radical (unpaired) electrons. The maximum absolute atomic E-state index is 12.0. The van der Waals surface area contributed by atoms with E-state index in [9.17, 15) is 14.7 Å². The van der Waals surface area contributed by atoms with Gasteiger partial charge in [0, 0.05) is 30.9 Å². The van der Waals surface area contributed by atoms with Crippen LogP contribution in [-0.2, 0) is 19.1 Å². The van der Waals surface area contributed by atoms with Crippen molar-refractivity contribution in [3.05, 3.63) is 0 Å². The monoisotopic (exact) mass is 572 g/mol. The van der Waals surface area contributed by atoms with Crippen molar-refractivity contribution in [1.29, 1.82) is 0 Å². The number of aliphatic hydroxyl groups is 1. The summed E-state index contributed by atoms with van der Waals surface area (Å²) in [5.74, 6) is 33.0. The van der Waals surface area contributed by atoms with Gasteiger partial charge in [-0.2, -0.15) is 13.5 Å². The van der Waals surface area contributed by atoms with Gasteiger partial charge in [-0.05, 0) is 84.4 Å². The molecule has 39 heavy (non-hydrogen) atoms. The third-order valence-electron chi connectivity index (χ3n) is 4.86. The predicted molar refractivity (Wildman–Crippen MR) is 187 cm³/mol. The van der Waals surface area contributed by atoms with Crippen LogP contribution in [0, 0.1) is 82.9 Å². The number of esters is 2. The van der Waals surface area contributed by atoms with Crippen LogP contribution >= 0.6 is 13.5 Å². The molecule has 0 aromatic rings. The number of ether oxygens (including phenoxy) is 2. The largest absolute Gasteiger partial charge is 0.456 e. The number of hydrogen-bond donors (Lipinski definition) is 1. The molecule has 0 aromatic heterocycles. The lowest BCUT2D eigenvalue weighted by Gasteiger charge is -2.14. The van der Waals surface area contributed by atoms with Crippen molar-refractivity contribution >= 4 is 25.4 Å². The van der Waals surface area contributed by atoms with Gasteiger partial charge in [0.1, 0.15) is 6.61 Å². The Bertz CT molecular complexity index is 1190. The average molecular weight is 573 g/mol. The minimum absolute atomic E-state index is 0. The Labute approximate surface area is 261 Å². The van der Waals surface area contributed by atoms with Crippen LogP contribution < -0.4 is 0 Å². The van der Waals surface area contributed by atoms with E-state index in [1.165, 1.54) is 51.4 Å². The fraction of sp³-hybridized carbons (Fsp3) is 0.515. The van der Waals surface area contributed by atoms with E-state index in [4.69, 9.17) is 9.47 Å². The van der Waals surface area contributed by atoms with Crippen LogP contribution in [0.5, 0.6) is 0 Å². The van der Waals surface area contributed by atoms with E-state index in [2.05, 4.69) is 89.8 Å². The van der Waals surface area contributed by atoms with Gasteiger partial charge in [0.15, 0.2) is 6.10 Å². The van der Waals surface area contributed by atoms with E-state index in [1.807, 2.05) is 0 Å². The second kappa shape index (κ2) is 30.4. The zero-order valence-corrected chi connectivity index (χ0v) is 24.1. The number of rotatable bonds is 16. The molecule has 0 spiro atoms. The summed E-state index contributed by atoms with van der Waals surface area (Å²) in [6, 6.07) is 0. The van der Waals surface area contributed by atoms with Gasteiger partial charge in [-0.1, -0.05) is 77.1 Å². The van der Waals surface area contributed by atoms with Crippen LogP contribution in [0.15, 0.2) is 0 Å². The third kappa shape index (κ3) is 28.6. The molecular weight excluding hydrogens is 508 g/mol. The number of carbonyl (C=O) groups excluding carboxylic acids is 2. The van der Waals surface area contributed by atoms with Crippen molar-refractivity contribution in [1.82, 2.24) is 0 Å². The summed E-state index contributed by atoms with van der Waals surface area (Å²) in [5.41, 5.74) is 0. The minimum Gasteiger partial charge on any atom is -0.456 e. The molecule has 0 aliphatic heterocycles. The predicted octanol–water partition coefficient (Wildman–Crippen LogP) is 7.49. The first-order valence-electron chi connectivity index (χ1n) is 13.0. The summed E-state index contributed by atoms with van der Waals surface area (Å²) in [5, 5.41) is 9.37. The molecule has 0 saturated heterocycles. The Morgan fingerprint density at radius 2 is 1.13 bits per heavy atom. The summed E-state index contributed by atoms with van der Waals surface area (Å²) < 4.78 is 10.1. The fourth-order valence-electron chi connectivity index (χ4n) is 2.96. The Morgan fingerprint density at radius 1 is 0.692 bits per heavy atom. The van der Waals surface area contributed by atoms with Crippen LogP contribution in [0.25, 0.3) is 0 Å². The third-order valence-corrected chi connectivity index (χ3v) is 4.86. The second-order valence-corrected chi connectivity index (χ2v) is 8.05. The van der Waals surface area contributed by atoms with Crippen molar-refractivity contribution < 1.29 is 42.7 Å². The number of hydrogen-bond acceptors (Lipinski definition) is 5. The average Bonchev–Trinajstić information content (AvgIpc) is 2.92. The minimum atomic E-state index is -0.926. The Kier molecular flexibility index (Phi) is 29.1. The highest BCUT2D eigenvalue weighted by molar-refractivity contribution is 7.59. The summed E-state index contributed by atoms with van der Waals surface area (Å²) in [6.45, 7) is 3.17. The van der Waals surface area contributed by atoms with Crippen LogP contribution in [0.1, 0.15) is 109 Å². The van der Waals surface area contributed by atoms with Gasteiger partial charge < -0.3 is 14.6 Å². The summed E-state index contributed by atoms with van der Waals surface area (Å²) >= 11 is 0. The quantitative estimate of drug-likeness (QED) is 0.0898. The lowest BCUT2D eigenvalue weighted by atomic mass is 10.1. The van der Waals surface area contributed by atoms with Gasteiger partial charge in [-0.3, -0.25) is 4.79 Å². The van der Waals surface area contributed by atoms with Crippen molar-refractivity contribution in [3.63, 3.8) is 0 Å². The molecule has 1 atom stereocenters. The van der Waals surface area contributed by atoms with Gasteiger partial charge >= 0.3 is 11.9 Å². The summed E-state index contributed by atoms with van der Waals surface area (Å²) in [7, 11) is 0. The SMILES string of the molecule is CC#CC#CC#CC#CC#CC#CC#CC(=O)OC[C@H](CO)OC(=O)CCCCCCCCCCCCC.S.[HH].[HH].[HH].[HH].[HH].[HH].[HH].[HH].[HH].[HH].[HH].[HH].[HH]. The van der Waals surface area contributed by atoms with Crippen molar-refractivity contribution in [2.24, 2.45) is 0 Å². The molecule has 0 rings (SSSR count). The molecule has 0 bridgehead atoms. The van der Waals surface area contributed by atoms with E-state index in [-0.39, 0.29) is 45.1 Å². The van der Waals surface area contributed by atoms with Crippen LogP contribution in [0.3, 0.4) is 0 Å². The molecule has 0 fully saturated rings. The van der Waals surface area contributed by atoms with Gasteiger partial charge in [-0.25, -0.2) is 4.79 Å². The topological polar surface area (TPSA) is 72.8 Å². The Balaban J connectivity index is -0.0000000752. The van der Waals surface area contributed by atoms with Crippen molar-refractivity contribution in [2.45, 2.75) is 97.0 Å². The lowest BCUT2D eigenvalue weighted by Crippen LogP contribution is -2.28. The molecule has 0 aliphatic rings. The summed E-state index contributed by atoms with van der Waals surface area (Å²) in [4.78, 5) is 23.6. The number of carbonyl (C=O) groups is 2. The molecule has 232 valence electrons. The molecular formula is C33H64O5S. The first kappa shape index (κ1) is 37.3. The van der Waals surface area contributed by atoms with E-state index in [1.54, 1.807) is 6.92 Å². The van der Waals surface area contributed by atoms with Gasteiger partial charge in [0.25, 0.3) is 0 Å². The molecule has 5 nitrogen and oxygen atoms in total. The zero-order chi connectivity index (χ0) is 27.9. The maximum Gasteiger partial charge on any atom is 0.385 e. The maximum atomic E-state index is 12.0. The Hall–Kier alpha value is -3.83. The fourth-order valence-corrected chi connectivity index (χ4v) is 2.96. The molecule has 0 amide bonds. The molecule has 6 heteroatoms. The number of unbranched alkanes of at least 4 members (excludes halogenated alkanes) is 10. The lowest BCUT2D eigenvalue weighted by molar-refractivity contribution is -0.159. The van der Waals surface area contributed by atoms with Gasteiger partial charge in [-0.15, -0.1) is 0 Å². The van der Waals surface area contributed by atoms with E-state index >= 15 is 0 Å². The summed E-state index contributed by atoms with van der Waals surface area (Å²) in [6.07, 6.45) is 12.5. The highest BCUT2D eigenvalue weighted by Crippen LogP contribution is 2.12. The van der Waals surface area contributed by atoms with E-state index < -0.39 is 24.6 Å². The zero-order valence-electron chi connectivity index (χ0n) is 23.1. The van der Waals surface area contributed by atoms with Crippen molar-refractivity contribution in [3.8, 4) is 82.9 Å². The van der Waals surface area contributed by atoms with Crippen LogP contribution in [0.2, 0.25) is 0 Å². The molecule has 0 aromatic carbocycles. The second-order valence-electron chi connectivity index (χ2n) is 8.05. The van der Waals surface area contributed by atoms with Gasteiger partial charge in [0.2, 0.25) is 0 Å². The molecule has 0 unspecified atom stereocenters. The first-order chi connectivity index (χ1) is 18.6. The molecule has 1 N–H and O–H groups in total. The molecule has 0 saturated carbocycles. The van der Waals surface area contributed by atoms with Gasteiger partial charge in [0.05, 0.1) is 6.61 Å². The number of aliphatic hydroxyl groups excluding tert-OH is 1. The normalized spacial score (nSPS) is 8.79.